The molecule has 0 saturated heterocycles. The summed E-state index contributed by atoms with van der Waals surface area (Å²) in [7, 11) is 0. The Morgan fingerprint density at radius 3 is 2.75 bits per heavy atom. The summed E-state index contributed by atoms with van der Waals surface area (Å²) in [6.07, 6.45) is -0.346. The van der Waals surface area contributed by atoms with Crippen LogP contribution in [0.3, 0.4) is 0 Å². The first-order chi connectivity index (χ1) is 3.77. The van der Waals surface area contributed by atoms with E-state index in [1.807, 2.05) is 0 Å². The van der Waals surface area contributed by atoms with E-state index in [-0.39, 0.29) is 6.10 Å². The number of rotatable bonds is 4. The smallest absolute Gasteiger partial charge is 0.0653 e. The quantitative estimate of drug-likeness (QED) is 0.483. The van der Waals surface area contributed by atoms with E-state index in [1.165, 1.54) is 0 Å². The minimum absolute atomic E-state index is 0.326. The van der Waals surface area contributed by atoms with Crippen LogP contribution in [0.25, 0.3) is 0 Å². The highest BCUT2D eigenvalue weighted by Gasteiger charge is 1.92. The Morgan fingerprint density at radius 2 is 2.38 bits per heavy atom. The van der Waals surface area contributed by atoms with Gasteiger partial charge >= 0.3 is 0 Å². The summed E-state index contributed by atoms with van der Waals surface area (Å²) in [6.45, 7) is 3.03. The van der Waals surface area contributed by atoms with Gasteiger partial charge in [-0.2, -0.15) is 0 Å². The van der Waals surface area contributed by atoms with E-state index in [4.69, 9.17) is 10.8 Å². The van der Waals surface area contributed by atoms with Gasteiger partial charge in [0.15, 0.2) is 0 Å². The molecule has 48 valence electrons. The lowest BCUT2D eigenvalue weighted by Gasteiger charge is -2.00. The second-order valence-corrected chi connectivity index (χ2v) is 1.73. The number of nitrogens with one attached hydrogen (secondary N) is 1. The summed E-state index contributed by atoms with van der Waals surface area (Å²) in [5, 5.41) is 12.5. The van der Waals surface area contributed by atoms with Gasteiger partial charge in [0.05, 0.1) is 6.10 Å². The Labute approximate surface area is 49.9 Å². The summed E-state index contributed by atoms with van der Waals surface area (Å²) in [4.78, 5) is 0. The lowest BCUT2D eigenvalue weighted by Crippen LogP contribution is -2.20. The molecular weight excluding hydrogens is 104 g/mol. The molecule has 8 heavy (non-hydrogen) atoms. The molecule has 0 rings (SSSR count). The monoisotopic (exact) mass is 116 g/mol. The Morgan fingerprint density at radius 1 is 1.75 bits per heavy atom. The van der Waals surface area contributed by atoms with Gasteiger partial charge in [0.25, 0.3) is 0 Å². The fourth-order valence-corrected chi connectivity index (χ4v) is 0.357. The topological polar surface area (TPSA) is 58.1 Å². The molecule has 0 aliphatic carbocycles. The molecule has 0 aliphatic heterocycles. The molecule has 0 aromatic rings. The van der Waals surface area contributed by atoms with Gasteiger partial charge in [-0.15, -0.1) is 0 Å². The Hall–Kier alpha value is -0.120. The van der Waals surface area contributed by atoms with Gasteiger partial charge in [0.1, 0.15) is 0 Å². The number of aliphatic hydroxyl groups excluding tert-OH is 1. The van der Waals surface area contributed by atoms with Crippen molar-refractivity contribution in [2.45, 2.75) is 13.0 Å². The van der Waals surface area contributed by atoms with Gasteiger partial charge in [-0.25, -0.2) is 5.32 Å². The van der Waals surface area contributed by atoms with E-state index >= 15 is 0 Å². The Balaban J connectivity index is 2.72. The fraction of sp³-hybridized carbons (Fsp3) is 1.00. The maximum Gasteiger partial charge on any atom is 0.0653 e. The molecule has 0 bridgehead atoms. The SMILES string of the molecule is CC(O)C[N]CC[NH]. The van der Waals surface area contributed by atoms with E-state index in [0.29, 0.717) is 19.6 Å². The maximum absolute atomic E-state index is 8.62. The van der Waals surface area contributed by atoms with E-state index in [9.17, 15) is 0 Å². The molecule has 0 spiro atoms. The molecule has 0 fully saturated rings. The molecule has 1 atom stereocenters. The van der Waals surface area contributed by atoms with Gasteiger partial charge in [-0.1, -0.05) is 0 Å². The first-order valence-electron chi connectivity index (χ1n) is 2.73. The summed E-state index contributed by atoms with van der Waals surface area (Å²) < 4.78 is 0. The molecule has 0 heterocycles. The average molecular weight is 116 g/mol. The van der Waals surface area contributed by atoms with Crippen molar-refractivity contribution in [2.75, 3.05) is 19.6 Å². The molecule has 3 nitrogen and oxygen atoms in total. The van der Waals surface area contributed by atoms with Crippen molar-refractivity contribution in [1.29, 1.82) is 0 Å². The van der Waals surface area contributed by atoms with Crippen molar-refractivity contribution in [3.8, 4) is 0 Å². The van der Waals surface area contributed by atoms with Crippen molar-refractivity contribution >= 4 is 0 Å². The molecule has 3 heteroatoms. The molecular formula is C5H12N2O. The molecule has 2 radical (unpaired) electrons. The average Bonchev–Trinajstić information content (AvgIpc) is 1.66. The molecule has 0 aromatic carbocycles. The number of hydrogen-bond acceptors (Lipinski definition) is 1. The second-order valence-electron chi connectivity index (χ2n) is 1.73. The zero-order valence-corrected chi connectivity index (χ0v) is 5.09. The molecule has 0 saturated carbocycles. The van der Waals surface area contributed by atoms with Crippen LogP contribution in [0, 0.1) is 0 Å². The predicted octanol–water partition coefficient (Wildman–Crippen LogP) is -0.746. The number of aliphatic hydroxyl groups is 1. The van der Waals surface area contributed by atoms with Gasteiger partial charge in [0, 0.05) is 19.6 Å². The predicted molar refractivity (Wildman–Crippen MR) is 31.5 cm³/mol. The lowest BCUT2D eigenvalue weighted by atomic mass is 10.4. The van der Waals surface area contributed by atoms with Crippen LogP contribution in [0.2, 0.25) is 0 Å². The molecule has 0 amide bonds. The van der Waals surface area contributed by atoms with Crippen LogP contribution in [0.1, 0.15) is 6.92 Å². The standard InChI is InChI=1S/C5H12N2O/c1-5(8)4-7-3-2-6/h5-6,8H,2-4H2,1H3. The molecule has 2 N–H and O–H groups in total. The first-order valence-corrected chi connectivity index (χ1v) is 2.73. The van der Waals surface area contributed by atoms with E-state index in [1.54, 1.807) is 6.92 Å². The third-order valence-corrected chi connectivity index (χ3v) is 0.663. The van der Waals surface area contributed by atoms with Crippen LogP contribution < -0.4 is 11.1 Å². The fourth-order valence-electron chi connectivity index (χ4n) is 0.357. The van der Waals surface area contributed by atoms with Crippen LogP contribution in [0.5, 0.6) is 0 Å². The second kappa shape index (κ2) is 5.03. The highest BCUT2D eigenvalue weighted by atomic mass is 16.3. The highest BCUT2D eigenvalue weighted by molar-refractivity contribution is 4.50. The van der Waals surface area contributed by atoms with Crippen molar-refractivity contribution in [1.82, 2.24) is 11.1 Å². The van der Waals surface area contributed by atoms with Crippen molar-refractivity contribution < 1.29 is 5.11 Å². The number of hydrogen-bond donors (Lipinski definition) is 1. The summed E-state index contributed by atoms with van der Waals surface area (Å²) >= 11 is 0. The normalized spacial score (nSPS) is 13.9. The van der Waals surface area contributed by atoms with Crippen LogP contribution in [-0.4, -0.2) is 30.8 Å². The van der Waals surface area contributed by atoms with Gasteiger partial charge in [-0.3, -0.25) is 5.73 Å². The largest absolute Gasteiger partial charge is 0.392 e. The van der Waals surface area contributed by atoms with E-state index in [2.05, 4.69) is 5.32 Å². The first kappa shape index (κ1) is 7.88. The Kier molecular flexibility index (Phi) is 4.95. The lowest BCUT2D eigenvalue weighted by molar-refractivity contribution is 0.190. The van der Waals surface area contributed by atoms with Crippen molar-refractivity contribution in [3.05, 3.63) is 0 Å². The van der Waals surface area contributed by atoms with Crippen LogP contribution >= 0.6 is 0 Å². The van der Waals surface area contributed by atoms with Crippen molar-refractivity contribution in [3.63, 3.8) is 0 Å². The van der Waals surface area contributed by atoms with Crippen molar-refractivity contribution in [2.24, 2.45) is 0 Å². The van der Waals surface area contributed by atoms with Crippen LogP contribution in [0.4, 0.5) is 0 Å². The molecule has 0 aromatic heterocycles. The summed E-state index contributed by atoms with van der Waals surface area (Å²) in [5.41, 5.74) is 6.67. The van der Waals surface area contributed by atoms with Gasteiger partial charge in [-0.05, 0) is 6.92 Å². The minimum Gasteiger partial charge on any atom is -0.392 e. The zero-order chi connectivity index (χ0) is 6.41. The third kappa shape index (κ3) is 5.88. The van der Waals surface area contributed by atoms with E-state index < -0.39 is 0 Å². The molecule has 0 aliphatic rings. The molecule has 1 unspecified atom stereocenters. The number of nitrogens with zero attached hydrogens (tertiary/aromatic N) is 1. The minimum atomic E-state index is -0.346. The van der Waals surface area contributed by atoms with Crippen LogP contribution in [-0.2, 0) is 0 Å². The summed E-state index contributed by atoms with van der Waals surface area (Å²) in [5.74, 6) is 0. The highest BCUT2D eigenvalue weighted by Crippen LogP contribution is 1.74. The third-order valence-electron chi connectivity index (χ3n) is 0.663. The summed E-state index contributed by atoms with van der Waals surface area (Å²) in [6, 6.07) is 0. The maximum atomic E-state index is 8.62. The Bertz CT molecular complexity index is 47.7. The van der Waals surface area contributed by atoms with Crippen LogP contribution in [0.15, 0.2) is 0 Å². The zero-order valence-electron chi connectivity index (χ0n) is 5.09. The van der Waals surface area contributed by atoms with Gasteiger partial charge in [0.2, 0.25) is 0 Å². The van der Waals surface area contributed by atoms with Gasteiger partial charge < -0.3 is 5.11 Å². The van der Waals surface area contributed by atoms with E-state index in [0.717, 1.165) is 0 Å².